The van der Waals surface area contributed by atoms with Gasteiger partial charge in [0.15, 0.2) is 0 Å². The van der Waals surface area contributed by atoms with Gasteiger partial charge in [0.1, 0.15) is 6.04 Å². The number of benzene rings is 2. The molecule has 25 heavy (non-hydrogen) atoms. The van der Waals surface area contributed by atoms with E-state index >= 15 is 0 Å². The lowest BCUT2D eigenvalue weighted by molar-refractivity contribution is -0.119. The van der Waals surface area contributed by atoms with Gasteiger partial charge in [0.05, 0.1) is 4.90 Å². The Labute approximate surface area is 152 Å². The van der Waals surface area contributed by atoms with Crippen LogP contribution in [0, 0.1) is 0 Å². The van der Waals surface area contributed by atoms with Crippen molar-refractivity contribution in [1.29, 1.82) is 0 Å². The van der Waals surface area contributed by atoms with Crippen LogP contribution in [0.4, 0.5) is 5.69 Å². The first-order valence-corrected chi connectivity index (χ1v) is 10.7. The average molecular weight is 377 g/mol. The number of hydrogen-bond acceptors (Lipinski definition) is 4. The number of nitrogens with one attached hydrogen (secondary N) is 1. The highest BCUT2D eigenvalue weighted by molar-refractivity contribution is 7.98. The van der Waals surface area contributed by atoms with Gasteiger partial charge >= 0.3 is 0 Å². The molecule has 132 valence electrons. The van der Waals surface area contributed by atoms with Gasteiger partial charge in [-0.15, -0.1) is 11.8 Å². The highest BCUT2D eigenvalue weighted by Gasteiger charge is 2.39. The van der Waals surface area contributed by atoms with Crippen LogP contribution >= 0.6 is 11.8 Å². The van der Waals surface area contributed by atoms with E-state index in [1.807, 2.05) is 30.5 Å². The molecule has 2 aromatic rings. The molecule has 0 unspecified atom stereocenters. The number of rotatable bonds is 5. The quantitative estimate of drug-likeness (QED) is 0.814. The second kappa shape index (κ2) is 7.59. The van der Waals surface area contributed by atoms with E-state index in [9.17, 15) is 13.2 Å². The van der Waals surface area contributed by atoms with Gasteiger partial charge in [-0.2, -0.15) is 4.31 Å². The third-order valence-corrected chi connectivity index (χ3v) is 6.84. The fourth-order valence-corrected chi connectivity index (χ4v) is 5.08. The first-order valence-electron chi connectivity index (χ1n) is 8.04. The van der Waals surface area contributed by atoms with Crippen LogP contribution < -0.4 is 5.32 Å². The Balaban J connectivity index is 1.80. The van der Waals surface area contributed by atoms with E-state index < -0.39 is 16.1 Å². The fraction of sp³-hybridized carbons (Fsp3) is 0.278. The highest BCUT2D eigenvalue weighted by Crippen LogP contribution is 2.27. The van der Waals surface area contributed by atoms with Crippen molar-refractivity contribution in [2.45, 2.75) is 28.7 Å². The molecular weight excluding hydrogens is 356 g/mol. The van der Waals surface area contributed by atoms with Gasteiger partial charge in [0.25, 0.3) is 0 Å². The van der Waals surface area contributed by atoms with Crippen molar-refractivity contribution in [1.82, 2.24) is 4.31 Å². The van der Waals surface area contributed by atoms with Crippen molar-refractivity contribution >= 4 is 33.4 Å². The maximum atomic E-state index is 12.8. The Hall–Kier alpha value is -1.83. The number of nitrogens with zero attached hydrogens (tertiary/aromatic N) is 1. The Morgan fingerprint density at radius 3 is 2.64 bits per heavy atom. The molecule has 1 aliphatic rings. The summed E-state index contributed by atoms with van der Waals surface area (Å²) < 4.78 is 27.0. The number of sulfonamides is 1. The largest absolute Gasteiger partial charge is 0.325 e. The molecule has 1 fully saturated rings. The SMILES string of the molecule is CSc1cccc(NC(=O)[C@@H]2CCCN2S(=O)(=O)c2ccccc2)c1. The van der Waals surface area contributed by atoms with Crippen LogP contribution in [0.1, 0.15) is 12.8 Å². The number of amides is 1. The van der Waals surface area contributed by atoms with Crippen LogP contribution in [0.2, 0.25) is 0 Å². The molecule has 7 heteroatoms. The van der Waals surface area contributed by atoms with Crippen LogP contribution in [0.15, 0.2) is 64.4 Å². The van der Waals surface area contributed by atoms with Gasteiger partial charge in [0, 0.05) is 17.1 Å². The summed E-state index contributed by atoms with van der Waals surface area (Å²) in [6, 6.07) is 15.1. The first-order chi connectivity index (χ1) is 12.0. The molecule has 3 rings (SSSR count). The monoisotopic (exact) mass is 376 g/mol. The summed E-state index contributed by atoms with van der Waals surface area (Å²) >= 11 is 1.59. The van der Waals surface area contributed by atoms with E-state index in [-0.39, 0.29) is 10.8 Å². The first kappa shape index (κ1) is 18.0. The Morgan fingerprint density at radius 1 is 1.16 bits per heavy atom. The van der Waals surface area contributed by atoms with Gasteiger partial charge in [0.2, 0.25) is 15.9 Å². The summed E-state index contributed by atoms with van der Waals surface area (Å²) in [5, 5.41) is 2.85. The summed E-state index contributed by atoms with van der Waals surface area (Å²) in [5.41, 5.74) is 0.681. The maximum absolute atomic E-state index is 12.8. The minimum atomic E-state index is -3.67. The van der Waals surface area contributed by atoms with Gasteiger partial charge in [-0.25, -0.2) is 8.42 Å². The van der Waals surface area contributed by atoms with Crippen LogP contribution in [-0.4, -0.2) is 37.5 Å². The zero-order valence-electron chi connectivity index (χ0n) is 13.9. The zero-order chi connectivity index (χ0) is 17.9. The molecule has 0 spiro atoms. The molecule has 1 amide bonds. The molecule has 5 nitrogen and oxygen atoms in total. The van der Waals surface area contributed by atoms with Crippen LogP contribution in [0.3, 0.4) is 0 Å². The second-order valence-corrected chi connectivity index (χ2v) is 8.58. The second-order valence-electron chi connectivity index (χ2n) is 5.81. The molecular formula is C18H20N2O3S2. The lowest BCUT2D eigenvalue weighted by Crippen LogP contribution is -2.43. The fourth-order valence-electron chi connectivity index (χ4n) is 2.94. The molecule has 1 heterocycles. The predicted octanol–water partition coefficient (Wildman–Crippen LogP) is 3.20. The molecule has 1 atom stereocenters. The summed E-state index contributed by atoms with van der Waals surface area (Å²) in [6.07, 6.45) is 3.17. The third kappa shape index (κ3) is 3.89. The van der Waals surface area contributed by atoms with Crippen molar-refractivity contribution < 1.29 is 13.2 Å². The van der Waals surface area contributed by atoms with Crippen molar-refractivity contribution in [3.63, 3.8) is 0 Å². The maximum Gasteiger partial charge on any atom is 0.243 e. The molecule has 1 aliphatic heterocycles. The third-order valence-electron chi connectivity index (χ3n) is 4.19. The van der Waals surface area contributed by atoms with E-state index in [0.717, 1.165) is 4.90 Å². The van der Waals surface area contributed by atoms with E-state index in [2.05, 4.69) is 5.32 Å². The number of carbonyl (C=O) groups is 1. The van der Waals surface area contributed by atoms with Crippen molar-refractivity contribution in [3.05, 3.63) is 54.6 Å². The molecule has 0 aromatic heterocycles. The van der Waals surface area contributed by atoms with Gasteiger partial charge in [-0.05, 0) is 49.4 Å². The number of hydrogen-bond donors (Lipinski definition) is 1. The Bertz CT molecular complexity index is 854. The van der Waals surface area contributed by atoms with Gasteiger partial charge in [-0.1, -0.05) is 24.3 Å². The number of thioether (sulfide) groups is 1. The van der Waals surface area contributed by atoms with E-state index in [1.165, 1.54) is 4.31 Å². The molecule has 1 saturated heterocycles. The van der Waals surface area contributed by atoms with Crippen molar-refractivity contribution in [3.8, 4) is 0 Å². The van der Waals surface area contributed by atoms with E-state index in [4.69, 9.17) is 0 Å². The van der Waals surface area contributed by atoms with Crippen molar-refractivity contribution in [2.24, 2.45) is 0 Å². The van der Waals surface area contributed by atoms with Crippen LogP contribution in [-0.2, 0) is 14.8 Å². The van der Waals surface area contributed by atoms with Gasteiger partial charge < -0.3 is 5.32 Å². The molecule has 0 bridgehead atoms. The topological polar surface area (TPSA) is 66.5 Å². The van der Waals surface area contributed by atoms with Crippen LogP contribution in [0.25, 0.3) is 0 Å². The van der Waals surface area contributed by atoms with Gasteiger partial charge in [-0.3, -0.25) is 4.79 Å². The van der Waals surface area contributed by atoms with Crippen LogP contribution in [0.5, 0.6) is 0 Å². The highest BCUT2D eigenvalue weighted by atomic mass is 32.2. The normalized spacial score (nSPS) is 18.2. The smallest absolute Gasteiger partial charge is 0.243 e. The minimum absolute atomic E-state index is 0.221. The molecule has 0 radical (unpaired) electrons. The zero-order valence-corrected chi connectivity index (χ0v) is 15.5. The van der Waals surface area contributed by atoms with Crippen molar-refractivity contribution in [2.75, 3.05) is 18.1 Å². The lowest BCUT2D eigenvalue weighted by Gasteiger charge is -2.23. The number of anilines is 1. The summed E-state index contributed by atoms with van der Waals surface area (Å²) in [4.78, 5) is 13.9. The predicted molar refractivity (Wildman–Crippen MR) is 100 cm³/mol. The Kier molecular flexibility index (Phi) is 5.46. The minimum Gasteiger partial charge on any atom is -0.325 e. The number of carbonyl (C=O) groups excluding carboxylic acids is 1. The Morgan fingerprint density at radius 2 is 1.92 bits per heavy atom. The summed E-state index contributed by atoms with van der Waals surface area (Å²) in [7, 11) is -3.67. The summed E-state index contributed by atoms with van der Waals surface area (Å²) in [6.45, 7) is 0.361. The van der Waals surface area contributed by atoms with E-state index in [1.54, 1.807) is 42.1 Å². The average Bonchev–Trinajstić information content (AvgIpc) is 3.13. The summed E-state index contributed by atoms with van der Waals surface area (Å²) in [5.74, 6) is -0.282. The lowest BCUT2D eigenvalue weighted by atomic mass is 10.2. The molecule has 0 aliphatic carbocycles. The van der Waals surface area contributed by atoms with E-state index in [0.29, 0.717) is 25.1 Å². The molecule has 2 aromatic carbocycles. The molecule has 0 saturated carbocycles. The standard InChI is InChI=1S/C18H20N2O3S2/c1-24-15-8-5-7-14(13-15)19-18(21)17-11-6-12-20(17)25(22,23)16-9-3-2-4-10-16/h2-5,7-10,13,17H,6,11-12H2,1H3,(H,19,21)/t17-/m0/s1. The molecule has 1 N–H and O–H groups in total.